The Bertz CT molecular complexity index is 523. The fourth-order valence-electron chi connectivity index (χ4n) is 2.24. The van der Waals surface area contributed by atoms with Gasteiger partial charge in [-0.25, -0.2) is 0 Å². The Balaban J connectivity index is 1.99. The molecule has 1 aromatic heterocycles. The lowest BCUT2D eigenvalue weighted by molar-refractivity contribution is 0.216. The van der Waals surface area contributed by atoms with Crippen LogP contribution in [-0.4, -0.2) is 22.5 Å². The molecule has 2 N–H and O–H groups in total. The first-order valence-corrected chi connectivity index (χ1v) is 7.13. The van der Waals surface area contributed by atoms with Gasteiger partial charge in [-0.1, -0.05) is 24.3 Å². The fourth-order valence-corrected chi connectivity index (χ4v) is 2.24. The Morgan fingerprint density at radius 3 is 2.60 bits per heavy atom. The first-order valence-electron chi connectivity index (χ1n) is 7.13. The number of benzene rings is 1. The van der Waals surface area contributed by atoms with Gasteiger partial charge in [0.2, 0.25) is 0 Å². The molecule has 3 heteroatoms. The van der Waals surface area contributed by atoms with Gasteiger partial charge in [-0.15, -0.1) is 0 Å². The molecule has 0 unspecified atom stereocenters. The first kappa shape index (κ1) is 14.5. The van der Waals surface area contributed by atoms with Crippen molar-refractivity contribution in [2.75, 3.05) is 12.3 Å². The van der Waals surface area contributed by atoms with E-state index < -0.39 is 0 Å². The predicted molar refractivity (Wildman–Crippen MR) is 84.3 cm³/mol. The van der Waals surface area contributed by atoms with Gasteiger partial charge in [-0.05, 0) is 43.5 Å². The molecule has 0 saturated heterocycles. The van der Waals surface area contributed by atoms with Crippen molar-refractivity contribution in [1.29, 1.82) is 0 Å². The summed E-state index contributed by atoms with van der Waals surface area (Å²) in [5.41, 5.74) is 9.39. The molecule has 2 aromatic rings. The van der Waals surface area contributed by atoms with Gasteiger partial charge in [0.1, 0.15) is 0 Å². The molecule has 3 nitrogen and oxygen atoms in total. The number of rotatable bonds is 6. The van der Waals surface area contributed by atoms with Crippen molar-refractivity contribution >= 4 is 5.69 Å². The van der Waals surface area contributed by atoms with Crippen molar-refractivity contribution in [1.82, 2.24) is 9.88 Å². The summed E-state index contributed by atoms with van der Waals surface area (Å²) >= 11 is 0. The van der Waals surface area contributed by atoms with Gasteiger partial charge < -0.3 is 5.73 Å². The summed E-state index contributed by atoms with van der Waals surface area (Å²) in [5.74, 6) is 0. The van der Waals surface area contributed by atoms with Crippen LogP contribution in [0.2, 0.25) is 0 Å². The maximum Gasteiger partial charge on any atom is 0.0359 e. The van der Waals surface area contributed by atoms with Gasteiger partial charge in [-0.3, -0.25) is 9.88 Å². The Morgan fingerprint density at radius 2 is 1.95 bits per heavy atom. The van der Waals surface area contributed by atoms with Crippen LogP contribution < -0.4 is 5.73 Å². The van der Waals surface area contributed by atoms with Crippen LogP contribution in [0.5, 0.6) is 0 Å². The van der Waals surface area contributed by atoms with E-state index in [1.54, 1.807) is 0 Å². The molecular formula is C17H23N3. The number of anilines is 1. The van der Waals surface area contributed by atoms with E-state index in [9.17, 15) is 0 Å². The third kappa shape index (κ3) is 4.07. The van der Waals surface area contributed by atoms with E-state index in [4.69, 9.17) is 5.73 Å². The zero-order valence-electron chi connectivity index (χ0n) is 12.3. The van der Waals surface area contributed by atoms with Crippen molar-refractivity contribution in [3.63, 3.8) is 0 Å². The van der Waals surface area contributed by atoms with Crippen LogP contribution in [0.4, 0.5) is 5.69 Å². The van der Waals surface area contributed by atoms with Gasteiger partial charge in [0.05, 0.1) is 0 Å². The summed E-state index contributed by atoms with van der Waals surface area (Å²) in [6.07, 6.45) is 4.77. The van der Waals surface area contributed by atoms with E-state index in [-0.39, 0.29) is 0 Å². The van der Waals surface area contributed by atoms with Crippen molar-refractivity contribution in [3.05, 3.63) is 59.9 Å². The number of nitrogens with two attached hydrogens (primary N) is 1. The van der Waals surface area contributed by atoms with Gasteiger partial charge in [0.25, 0.3) is 0 Å². The minimum atomic E-state index is 0.492. The maximum absolute atomic E-state index is 6.04. The molecular weight excluding hydrogens is 246 g/mol. The zero-order valence-corrected chi connectivity index (χ0v) is 12.3. The fraction of sp³-hybridized carbons (Fsp3) is 0.353. The Hall–Kier alpha value is -1.87. The van der Waals surface area contributed by atoms with Gasteiger partial charge in [0.15, 0.2) is 0 Å². The standard InChI is InChI=1S/C17H23N3/c1-14(2)20(11-9-15-6-5-10-19-12-15)13-16-7-3-4-8-17(16)18/h3-8,10,12,14H,9,11,13,18H2,1-2H3. The van der Waals surface area contributed by atoms with E-state index in [1.807, 2.05) is 36.7 Å². The molecule has 0 amide bonds. The molecule has 0 radical (unpaired) electrons. The number of nitrogens with zero attached hydrogens (tertiary/aromatic N) is 2. The second-order valence-corrected chi connectivity index (χ2v) is 5.37. The third-order valence-electron chi connectivity index (χ3n) is 3.57. The number of para-hydroxylation sites is 1. The lowest BCUT2D eigenvalue weighted by atomic mass is 10.1. The van der Waals surface area contributed by atoms with Crippen LogP contribution in [0.3, 0.4) is 0 Å². The molecule has 0 spiro atoms. The minimum absolute atomic E-state index is 0.492. The highest BCUT2D eigenvalue weighted by atomic mass is 15.1. The quantitative estimate of drug-likeness (QED) is 0.819. The Morgan fingerprint density at radius 1 is 1.15 bits per heavy atom. The van der Waals surface area contributed by atoms with Crippen LogP contribution in [0.25, 0.3) is 0 Å². The van der Waals surface area contributed by atoms with E-state index >= 15 is 0 Å². The highest BCUT2D eigenvalue weighted by Gasteiger charge is 2.11. The molecule has 0 aliphatic heterocycles. The minimum Gasteiger partial charge on any atom is -0.398 e. The van der Waals surface area contributed by atoms with Gasteiger partial charge in [-0.2, -0.15) is 0 Å². The van der Waals surface area contributed by atoms with Crippen molar-refractivity contribution < 1.29 is 0 Å². The Labute approximate surface area is 121 Å². The second kappa shape index (κ2) is 7.06. The molecule has 0 saturated carbocycles. The molecule has 0 fully saturated rings. The lowest BCUT2D eigenvalue weighted by Gasteiger charge is -2.27. The Kier molecular flexibility index (Phi) is 5.13. The molecule has 1 heterocycles. The number of aromatic nitrogens is 1. The van der Waals surface area contributed by atoms with E-state index in [1.165, 1.54) is 11.1 Å². The SMILES string of the molecule is CC(C)N(CCc1cccnc1)Cc1ccccc1N. The molecule has 1 aromatic carbocycles. The van der Waals surface area contributed by atoms with Crippen LogP contribution in [0.15, 0.2) is 48.8 Å². The normalized spacial score (nSPS) is 11.2. The number of nitrogen functional groups attached to an aromatic ring is 1. The summed E-state index contributed by atoms with van der Waals surface area (Å²) in [5, 5.41) is 0. The second-order valence-electron chi connectivity index (χ2n) is 5.37. The van der Waals surface area contributed by atoms with Crippen LogP contribution >= 0.6 is 0 Å². The summed E-state index contributed by atoms with van der Waals surface area (Å²) in [6.45, 7) is 6.35. The maximum atomic E-state index is 6.04. The summed E-state index contributed by atoms with van der Waals surface area (Å²) in [7, 11) is 0. The van der Waals surface area contributed by atoms with Crippen molar-refractivity contribution in [2.24, 2.45) is 0 Å². The number of pyridine rings is 1. The van der Waals surface area contributed by atoms with Crippen LogP contribution in [0.1, 0.15) is 25.0 Å². The molecule has 2 rings (SSSR count). The van der Waals surface area contributed by atoms with Gasteiger partial charge in [0, 0.05) is 37.2 Å². The average molecular weight is 269 g/mol. The molecule has 0 aliphatic carbocycles. The third-order valence-corrected chi connectivity index (χ3v) is 3.57. The smallest absolute Gasteiger partial charge is 0.0359 e. The van der Waals surface area contributed by atoms with E-state index in [0.717, 1.165) is 25.2 Å². The molecule has 106 valence electrons. The highest BCUT2D eigenvalue weighted by Crippen LogP contribution is 2.15. The molecule has 20 heavy (non-hydrogen) atoms. The monoisotopic (exact) mass is 269 g/mol. The summed E-state index contributed by atoms with van der Waals surface area (Å²) < 4.78 is 0. The molecule has 0 bridgehead atoms. The van der Waals surface area contributed by atoms with Crippen molar-refractivity contribution in [3.8, 4) is 0 Å². The number of hydrogen-bond donors (Lipinski definition) is 1. The van der Waals surface area contributed by atoms with Gasteiger partial charge >= 0.3 is 0 Å². The molecule has 0 aliphatic rings. The van der Waals surface area contributed by atoms with E-state index in [2.05, 4.69) is 35.9 Å². The summed E-state index contributed by atoms with van der Waals surface area (Å²) in [4.78, 5) is 6.61. The highest BCUT2D eigenvalue weighted by molar-refractivity contribution is 5.46. The van der Waals surface area contributed by atoms with Crippen LogP contribution in [-0.2, 0) is 13.0 Å². The van der Waals surface area contributed by atoms with Crippen LogP contribution in [0, 0.1) is 0 Å². The summed E-state index contributed by atoms with van der Waals surface area (Å²) in [6, 6.07) is 12.7. The van der Waals surface area contributed by atoms with E-state index in [0.29, 0.717) is 6.04 Å². The molecule has 0 atom stereocenters. The predicted octanol–water partition coefficient (Wildman–Crippen LogP) is 3.12. The number of hydrogen-bond acceptors (Lipinski definition) is 3. The average Bonchev–Trinajstić information content (AvgIpc) is 2.46. The first-order chi connectivity index (χ1) is 9.66. The van der Waals surface area contributed by atoms with Crippen molar-refractivity contribution in [2.45, 2.75) is 32.9 Å². The topological polar surface area (TPSA) is 42.2 Å². The lowest BCUT2D eigenvalue weighted by Crippen LogP contribution is -2.32. The largest absolute Gasteiger partial charge is 0.398 e. The zero-order chi connectivity index (χ0) is 14.4.